The van der Waals surface area contributed by atoms with Crippen LogP contribution in [0.2, 0.25) is 0 Å². The number of hydrogen-bond acceptors (Lipinski definition) is 5. The second-order valence-electron chi connectivity index (χ2n) is 7.56. The van der Waals surface area contributed by atoms with E-state index in [0.29, 0.717) is 22.8 Å². The van der Waals surface area contributed by atoms with Gasteiger partial charge in [0.05, 0.1) is 25.8 Å². The molecule has 1 atom stereocenters. The van der Waals surface area contributed by atoms with Crippen molar-refractivity contribution in [3.63, 3.8) is 0 Å². The summed E-state index contributed by atoms with van der Waals surface area (Å²) >= 11 is 0. The van der Waals surface area contributed by atoms with Crippen molar-refractivity contribution in [2.75, 3.05) is 14.2 Å². The van der Waals surface area contributed by atoms with Crippen LogP contribution in [0.15, 0.2) is 29.5 Å². The van der Waals surface area contributed by atoms with E-state index in [-0.39, 0.29) is 18.1 Å². The van der Waals surface area contributed by atoms with Gasteiger partial charge < -0.3 is 24.8 Å². The van der Waals surface area contributed by atoms with Crippen LogP contribution in [0.3, 0.4) is 0 Å². The molecule has 1 aliphatic carbocycles. The van der Waals surface area contributed by atoms with Gasteiger partial charge in [-0.05, 0) is 50.3 Å². The molecule has 2 N–H and O–H groups in total. The molecule has 0 saturated heterocycles. The van der Waals surface area contributed by atoms with Gasteiger partial charge in [0.25, 0.3) is 0 Å². The standard InChI is InChI=1S/C22H30N2O5/c1-14-19(21(25)29-16-9-7-5-4-6-8-10-16)20(24-22(26)23-14)15-11-12-17(27-2)18(13-15)28-3/h11-13,16,20H,4-10H2,1-3H3,(H2,23,24,26). The molecule has 0 spiro atoms. The third-order valence-corrected chi connectivity index (χ3v) is 5.56. The van der Waals surface area contributed by atoms with Gasteiger partial charge >= 0.3 is 12.0 Å². The fourth-order valence-electron chi connectivity index (χ4n) is 4.00. The SMILES string of the molecule is COc1ccc(C2NC(=O)NC(C)=C2C(=O)OC2CCCCCCC2)cc1OC. The van der Waals surface area contributed by atoms with E-state index in [1.54, 1.807) is 33.3 Å². The summed E-state index contributed by atoms with van der Waals surface area (Å²) in [6.07, 6.45) is 7.46. The highest BCUT2D eigenvalue weighted by atomic mass is 16.5. The van der Waals surface area contributed by atoms with Crippen LogP contribution in [0.1, 0.15) is 63.5 Å². The zero-order chi connectivity index (χ0) is 20.8. The molecule has 1 saturated carbocycles. The number of benzene rings is 1. The molecule has 1 aromatic rings. The minimum Gasteiger partial charge on any atom is -0.493 e. The number of rotatable bonds is 5. The number of hydrogen-bond donors (Lipinski definition) is 2. The number of carbonyl (C=O) groups is 2. The Morgan fingerprint density at radius 2 is 1.66 bits per heavy atom. The maximum absolute atomic E-state index is 13.1. The van der Waals surface area contributed by atoms with Gasteiger partial charge in [-0.3, -0.25) is 0 Å². The van der Waals surface area contributed by atoms with Crippen LogP contribution in [0.4, 0.5) is 4.79 Å². The number of nitrogens with one attached hydrogen (secondary N) is 2. The second kappa shape index (κ2) is 9.67. The summed E-state index contributed by atoms with van der Waals surface area (Å²) in [4.78, 5) is 25.2. The Morgan fingerprint density at radius 1 is 1.00 bits per heavy atom. The molecular weight excluding hydrogens is 372 g/mol. The van der Waals surface area contributed by atoms with E-state index < -0.39 is 6.04 Å². The first kappa shape index (κ1) is 21.0. The third kappa shape index (κ3) is 5.02. The summed E-state index contributed by atoms with van der Waals surface area (Å²) in [6.45, 7) is 1.72. The normalized spacial score (nSPS) is 20.8. The third-order valence-electron chi connectivity index (χ3n) is 5.56. The van der Waals surface area contributed by atoms with Gasteiger partial charge in [0.15, 0.2) is 11.5 Å². The molecule has 2 amide bonds. The van der Waals surface area contributed by atoms with Gasteiger partial charge in [-0.25, -0.2) is 9.59 Å². The minimum atomic E-state index is -0.621. The smallest absolute Gasteiger partial charge is 0.338 e. The van der Waals surface area contributed by atoms with Gasteiger partial charge in [0, 0.05) is 5.70 Å². The first-order chi connectivity index (χ1) is 14.0. The molecule has 0 radical (unpaired) electrons. The Labute approximate surface area is 171 Å². The topological polar surface area (TPSA) is 85.9 Å². The fourth-order valence-corrected chi connectivity index (χ4v) is 4.00. The summed E-state index contributed by atoms with van der Waals surface area (Å²) in [5.74, 6) is 0.722. The van der Waals surface area contributed by atoms with Gasteiger partial charge in [-0.2, -0.15) is 0 Å². The van der Waals surface area contributed by atoms with Gasteiger partial charge in [-0.15, -0.1) is 0 Å². The van der Waals surface area contributed by atoms with E-state index in [0.717, 1.165) is 31.2 Å². The fraction of sp³-hybridized carbons (Fsp3) is 0.545. The number of methoxy groups -OCH3 is 2. The van der Waals surface area contributed by atoms with Gasteiger partial charge in [-0.1, -0.05) is 25.3 Å². The number of esters is 1. The molecule has 1 aromatic carbocycles. The van der Waals surface area contributed by atoms with Crippen LogP contribution in [0.5, 0.6) is 11.5 Å². The molecule has 0 aromatic heterocycles. The Bertz CT molecular complexity index is 781. The minimum absolute atomic E-state index is 0.0771. The zero-order valence-corrected chi connectivity index (χ0v) is 17.4. The summed E-state index contributed by atoms with van der Waals surface area (Å²) in [7, 11) is 3.11. The first-order valence-corrected chi connectivity index (χ1v) is 10.2. The average Bonchev–Trinajstić information content (AvgIpc) is 2.68. The monoisotopic (exact) mass is 402 g/mol. The van der Waals surface area contributed by atoms with E-state index in [1.165, 1.54) is 19.3 Å². The Kier molecular flexibility index (Phi) is 7.01. The second-order valence-corrected chi connectivity index (χ2v) is 7.56. The first-order valence-electron chi connectivity index (χ1n) is 10.2. The zero-order valence-electron chi connectivity index (χ0n) is 17.4. The summed E-state index contributed by atoms with van der Waals surface area (Å²) < 4.78 is 16.5. The Morgan fingerprint density at radius 3 is 2.31 bits per heavy atom. The highest BCUT2D eigenvalue weighted by molar-refractivity contribution is 5.95. The maximum Gasteiger partial charge on any atom is 0.338 e. The lowest BCUT2D eigenvalue weighted by molar-refractivity contribution is -0.145. The van der Waals surface area contributed by atoms with E-state index >= 15 is 0 Å². The lowest BCUT2D eigenvalue weighted by Gasteiger charge is -2.30. The van der Waals surface area contributed by atoms with E-state index in [9.17, 15) is 9.59 Å². The predicted molar refractivity (Wildman–Crippen MR) is 109 cm³/mol. The van der Waals surface area contributed by atoms with Crippen molar-refractivity contribution >= 4 is 12.0 Å². The largest absolute Gasteiger partial charge is 0.493 e. The van der Waals surface area contributed by atoms with Crippen molar-refractivity contribution in [1.82, 2.24) is 10.6 Å². The van der Waals surface area contributed by atoms with Crippen molar-refractivity contribution in [1.29, 1.82) is 0 Å². The molecular formula is C22H30N2O5. The molecule has 1 fully saturated rings. The Hall–Kier alpha value is -2.70. The van der Waals surface area contributed by atoms with Crippen molar-refractivity contribution in [3.05, 3.63) is 35.0 Å². The number of urea groups is 1. The van der Waals surface area contributed by atoms with Crippen LogP contribution in [0, 0.1) is 0 Å². The highest BCUT2D eigenvalue weighted by Gasteiger charge is 2.34. The van der Waals surface area contributed by atoms with Crippen molar-refractivity contribution < 1.29 is 23.8 Å². The molecule has 1 unspecified atom stereocenters. The quantitative estimate of drug-likeness (QED) is 0.728. The lowest BCUT2D eigenvalue weighted by atomic mass is 9.94. The van der Waals surface area contributed by atoms with Gasteiger partial charge in [0.1, 0.15) is 6.10 Å². The number of allylic oxidation sites excluding steroid dienone is 1. The van der Waals surface area contributed by atoms with Gasteiger partial charge in [0.2, 0.25) is 0 Å². The number of carbonyl (C=O) groups excluding carboxylic acids is 2. The van der Waals surface area contributed by atoms with Crippen LogP contribution >= 0.6 is 0 Å². The molecule has 2 aliphatic rings. The molecule has 0 bridgehead atoms. The van der Waals surface area contributed by atoms with Crippen LogP contribution in [-0.2, 0) is 9.53 Å². The van der Waals surface area contributed by atoms with E-state index in [2.05, 4.69) is 10.6 Å². The number of amides is 2. The summed E-state index contributed by atoms with van der Waals surface area (Å²) in [6, 6.07) is 4.36. The molecule has 7 heteroatoms. The van der Waals surface area contributed by atoms with E-state index in [4.69, 9.17) is 14.2 Å². The molecule has 1 aliphatic heterocycles. The lowest BCUT2D eigenvalue weighted by Crippen LogP contribution is -2.45. The van der Waals surface area contributed by atoms with Crippen molar-refractivity contribution in [2.24, 2.45) is 0 Å². The van der Waals surface area contributed by atoms with Crippen molar-refractivity contribution in [3.8, 4) is 11.5 Å². The molecule has 29 heavy (non-hydrogen) atoms. The van der Waals surface area contributed by atoms with Crippen LogP contribution in [0.25, 0.3) is 0 Å². The molecule has 1 heterocycles. The van der Waals surface area contributed by atoms with Crippen LogP contribution in [-0.4, -0.2) is 32.3 Å². The molecule has 7 nitrogen and oxygen atoms in total. The molecule has 158 valence electrons. The highest BCUT2D eigenvalue weighted by Crippen LogP contribution is 2.35. The Balaban J connectivity index is 1.86. The molecule has 3 rings (SSSR count). The number of ether oxygens (including phenoxy) is 3. The maximum atomic E-state index is 13.1. The van der Waals surface area contributed by atoms with E-state index in [1.807, 2.05) is 6.07 Å². The van der Waals surface area contributed by atoms with Crippen LogP contribution < -0.4 is 20.1 Å². The predicted octanol–water partition coefficient (Wildman–Crippen LogP) is 3.99. The summed E-state index contributed by atoms with van der Waals surface area (Å²) in [5, 5.41) is 5.53. The average molecular weight is 402 g/mol. The van der Waals surface area contributed by atoms with Crippen molar-refractivity contribution in [2.45, 2.75) is 64.0 Å². The summed E-state index contributed by atoms with van der Waals surface area (Å²) in [5.41, 5.74) is 1.64.